The number of aromatic amines is 1. The van der Waals surface area contributed by atoms with Crippen molar-refractivity contribution in [2.24, 2.45) is 0 Å². The Kier molecular flexibility index (Phi) is 5.79. The summed E-state index contributed by atoms with van der Waals surface area (Å²) in [6, 6.07) is 26.7. The number of nitrogens with zero attached hydrogens (tertiary/aromatic N) is 2. The van der Waals surface area contributed by atoms with Crippen LogP contribution in [0.3, 0.4) is 0 Å². The zero-order chi connectivity index (χ0) is 23.5. The van der Waals surface area contributed by atoms with Crippen LogP contribution >= 0.6 is 0 Å². The van der Waals surface area contributed by atoms with Crippen LogP contribution in [0.2, 0.25) is 0 Å². The first-order valence-electron chi connectivity index (χ1n) is 11.2. The first-order valence-corrected chi connectivity index (χ1v) is 11.2. The van der Waals surface area contributed by atoms with Gasteiger partial charge in [0.15, 0.2) is 0 Å². The average molecular weight is 448 g/mol. The lowest BCUT2D eigenvalue weighted by Crippen LogP contribution is -2.16. The van der Waals surface area contributed by atoms with Crippen LogP contribution in [0.1, 0.15) is 39.0 Å². The second kappa shape index (κ2) is 9.19. The van der Waals surface area contributed by atoms with E-state index in [1.165, 1.54) is 0 Å². The van der Waals surface area contributed by atoms with Gasteiger partial charge in [-0.1, -0.05) is 30.3 Å². The minimum atomic E-state index is -0.232. The molecule has 0 unspecified atom stereocenters. The Hall–Kier alpha value is -4.45. The van der Waals surface area contributed by atoms with Crippen molar-refractivity contribution in [3.63, 3.8) is 0 Å². The van der Waals surface area contributed by atoms with E-state index in [2.05, 4.69) is 32.5 Å². The van der Waals surface area contributed by atoms with E-state index in [1.807, 2.05) is 79.7 Å². The van der Waals surface area contributed by atoms with Crippen LogP contribution in [0.25, 0.3) is 10.9 Å². The first-order chi connectivity index (χ1) is 16.6. The minimum Gasteiger partial charge on any atom is -0.358 e. The molecule has 0 aliphatic carbocycles. The summed E-state index contributed by atoms with van der Waals surface area (Å²) >= 11 is 0. The smallest absolute Gasteiger partial charge is 0.255 e. The molecule has 1 atom stereocenters. The molecule has 0 saturated carbocycles. The molecule has 168 valence electrons. The molecule has 6 heteroatoms. The third-order valence-corrected chi connectivity index (χ3v) is 5.78. The third-order valence-electron chi connectivity index (χ3n) is 5.78. The van der Waals surface area contributed by atoms with Crippen molar-refractivity contribution >= 4 is 28.3 Å². The van der Waals surface area contributed by atoms with Gasteiger partial charge in [-0.3, -0.25) is 9.78 Å². The molecule has 0 spiro atoms. The maximum absolute atomic E-state index is 12.7. The van der Waals surface area contributed by atoms with Gasteiger partial charge in [0.1, 0.15) is 5.82 Å². The summed E-state index contributed by atoms with van der Waals surface area (Å²) in [5.74, 6) is 0.634. The Morgan fingerprint density at radius 2 is 1.74 bits per heavy atom. The summed E-state index contributed by atoms with van der Waals surface area (Å²) in [7, 11) is 0. The number of rotatable bonds is 6. The van der Waals surface area contributed by atoms with Crippen molar-refractivity contribution < 1.29 is 4.79 Å². The number of benzene rings is 2. The largest absolute Gasteiger partial charge is 0.358 e. The van der Waals surface area contributed by atoms with Gasteiger partial charge in [0.2, 0.25) is 0 Å². The lowest BCUT2D eigenvalue weighted by molar-refractivity contribution is 0.102. The standard InChI is InChI=1S/C28H25N5O/c1-18-9-8-13-25(30-18)33-27(24-12-6-7-16-29-24)26-19(2)31-23-15-14-21(17-22(23)26)32-28(34)20-10-4-3-5-11-20/h3-17,27,31H,1-2H3,(H,30,33)(H,32,34)/t27-/m0/s1. The molecule has 5 rings (SSSR count). The molecule has 6 nitrogen and oxygen atoms in total. The van der Waals surface area contributed by atoms with E-state index >= 15 is 0 Å². The van der Waals surface area contributed by atoms with Crippen LogP contribution in [-0.2, 0) is 0 Å². The number of anilines is 2. The van der Waals surface area contributed by atoms with Gasteiger partial charge in [-0.15, -0.1) is 0 Å². The molecule has 3 heterocycles. The van der Waals surface area contributed by atoms with E-state index in [4.69, 9.17) is 0 Å². The van der Waals surface area contributed by atoms with E-state index < -0.39 is 0 Å². The van der Waals surface area contributed by atoms with Crippen LogP contribution in [0, 0.1) is 13.8 Å². The predicted octanol–water partition coefficient (Wildman–Crippen LogP) is 6.03. The number of H-pyrrole nitrogens is 1. The second-order valence-electron chi connectivity index (χ2n) is 8.24. The molecular formula is C28H25N5O. The Labute approximate surface area is 198 Å². The van der Waals surface area contributed by atoms with E-state index in [0.29, 0.717) is 5.56 Å². The number of aromatic nitrogens is 3. The molecule has 0 aliphatic rings. The van der Waals surface area contributed by atoms with E-state index in [1.54, 1.807) is 18.3 Å². The van der Waals surface area contributed by atoms with Gasteiger partial charge < -0.3 is 15.6 Å². The van der Waals surface area contributed by atoms with Gasteiger partial charge in [0.05, 0.1) is 11.7 Å². The molecule has 0 aliphatic heterocycles. The first kappa shape index (κ1) is 21.4. The van der Waals surface area contributed by atoms with Crippen molar-refractivity contribution in [2.75, 3.05) is 10.6 Å². The number of hydrogen-bond donors (Lipinski definition) is 3. The highest BCUT2D eigenvalue weighted by Gasteiger charge is 2.23. The highest BCUT2D eigenvalue weighted by Crippen LogP contribution is 2.35. The van der Waals surface area contributed by atoms with Crippen LogP contribution in [0.15, 0.2) is 91.1 Å². The summed E-state index contributed by atoms with van der Waals surface area (Å²) in [6.45, 7) is 4.03. The monoisotopic (exact) mass is 447 g/mol. The molecule has 0 fully saturated rings. The summed E-state index contributed by atoms with van der Waals surface area (Å²) in [5.41, 5.74) is 6.25. The summed E-state index contributed by atoms with van der Waals surface area (Å²) < 4.78 is 0. The fourth-order valence-corrected chi connectivity index (χ4v) is 4.20. The van der Waals surface area contributed by atoms with Crippen LogP contribution in [-0.4, -0.2) is 20.9 Å². The Bertz CT molecular complexity index is 1440. The second-order valence-corrected chi connectivity index (χ2v) is 8.24. The predicted molar refractivity (Wildman–Crippen MR) is 136 cm³/mol. The lowest BCUT2D eigenvalue weighted by atomic mass is 9.99. The van der Waals surface area contributed by atoms with Gasteiger partial charge in [-0.2, -0.15) is 0 Å². The van der Waals surface area contributed by atoms with Crippen molar-refractivity contribution in [1.82, 2.24) is 15.0 Å². The highest BCUT2D eigenvalue weighted by atomic mass is 16.1. The minimum absolute atomic E-state index is 0.142. The molecule has 34 heavy (non-hydrogen) atoms. The summed E-state index contributed by atoms with van der Waals surface area (Å²) in [5, 5.41) is 7.61. The number of hydrogen-bond acceptors (Lipinski definition) is 4. The zero-order valence-electron chi connectivity index (χ0n) is 19.0. The maximum atomic E-state index is 12.7. The number of carbonyl (C=O) groups is 1. The van der Waals surface area contributed by atoms with Gasteiger partial charge in [-0.05, 0) is 68.4 Å². The van der Waals surface area contributed by atoms with Crippen LogP contribution < -0.4 is 10.6 Å². The summed E-state index contributed by atoms with van der Waals surface area (Å²) in [4.78, 5) is 25.5. The fourth-order valence-electron chi connectivity index (χ4n) is 4.20. The quantitative estimate of drug-likeness (QED) is 0.297. The van der Waals surface area contributed by atoms with Crippen molar-refractivity contribution in [3.05, 3.63) is 119 Å². The number of fused-ring (bicyclic) bond motifs is 1. The maximum Gasteiger partial charge on any atom is 0.255 e. The van der Waals surface area contributed by atoms with E-state index in [0.717, 1.165) is 45.1 Å². The normalized spacial score (nSPS) is 11.8. The Balaban J connectivity index is 1.57. The van der Waals surface area contributed by atoms with E-state index in [9.17, 15) is 4.79 Å². The fraction of sp³-hybridized carbons (Fsp3) is 0.107. The van der Waals surface area contributed by atoms with Crippen molar-refractivity contribution in [3.8, 4) is 0 Å². The number of nitrogens with one attached hydrogen (secondary N) is 3. The highest BCUT2D eigenvalue weighted by molar-refractivity contribution is 6.05. The molecule has 0 bridgehead atoms. The van der Waals surface area contributed by atoms with Gasteiger partial charge in [0, 0.05) is 45.3 Å². The molecule has 1 amide bonds. The number of carbonyl (C=O) groups excluding carboxylic acids is 1. The van der Waals surface area contributed by atoms with Crippen LogP contribution in [0.4, 0.5) is 11.5 Å². The number of aryl methyl sites for hydroxylation is 2. The molecule has 2 aromatic carbocycles. The molecular weight excluding hydrogens is 422 g/mol. The van der Waals surface area contributed by atoms with Gasteiger partial charge in [-0.25, -0.2) is 4.98 Å². The number of pyridine rings is 2. The zero-order valence-corrected chi connectivity index (χ0v) is 19.0. The molecule has 5 aromatic rings. The van der Waals surface area contributed by atoms with Gasteiger partial charge >= 0.3 is 0 Å². The Morgan fingerprint density at radius 3 is 2.50 bits per heavy atom. The lowest BCUT2D eigenvalue weighted by Gasteiger charge is -2.20. The molecule has 3 N–H and O–H groups in total. The third kappa shape index (κ3) is 4.38. The molecule has 0 radical (unpaired) electrons. The average Bonchev–Trinajstić information content (AvgIpc) is 3.18. The SMILES string of the molecule is Cc1cccc(N[C@@H](c2ccccn2)c2c(C)[nH]c3ccc(NC(=O)c4ccccc4)cc23)n1. The van der Waals surface area contributed by atoms with Gasteiger partial charge in [0.25, 0.3) is 5.91 Å². The molecule has 0 saturated heterocycles. The number of amides is 1. The van der Waals surface area contributed by atoms with Crippen molar-refractivity contribution in [2.45, 2.75) is 19.9 Å². The van der Waals surface area contributed by atoms with Crippen LogP contribution in [0.5, 0.6) is 0 Å². The Morgan fingerprint density at radius 1 is 0.912 bits per heavy atom. The topological polar surface area (TPSA) is 82.7 Å². The van der Waals surface area contributed by atoms with E-state index in [-0.39, 0.29) is 11.9 Å². The summed E-state index contributed by atoms with van der Waals surface area (Å²) in [6.07, 6.45) is 1.80. The van der Waals surface area contributed by atoms with Crippen molar-refractivity contribution in [1.29, 1.82) is 0 Å². The molecule has 3 aromatic heterocycles.